The van der Waals surface area contributed by atoms with Crippen molar-refractivity contribution in [1.29, 1.82) is 0 Å². The van der Waals surface area contributed by atoms with Crippen LogP contribution in [0, 0.1) is 5.82 Å². The number of anilines is 1. The van der Waals surface area contributed by atoms with Gasteiger partial charge in [0, 0.05) is 5.02 Å². The van der Waals surface area contributed by atoms with Gasteiger partial charge >= 0.3 is 6.03 Å². The summed E-state index contributed by atoms with van der Waals surface area (Å²) in [6.45, 7) is 0. The predicted molar refractivity (Wildman–Crippen MR) is 86.9 cm³/mol. The molecule has 0 unspecified atom stereocenters. The van der Waals surface area contributed by atoms with Crippen LogP contribution in [0.2, 0.25) is 5.02 Å². The predicted octanol–water partition coefficient (Wildman–Crippen LogP) is 3.15. The quantitative estimate of drug-likeness (QED) is 0.672. The highest BCUT2D eigenvalue weighted by molar-refractivity contribution is 6.39. The third-order valence-corrected chi connectivity index (χ3v) is 3.62. The lowest BCUT2D eigenvalue weighted by Crippen LogP contribution is -2.54. The molecule has 1 aliphatic heterocycles. The minimum Gasteiger partial charge on any atom is -0.273 e. The van der Waals surface area contributed by atoms with Crippen molar-refractivity contribution in [3.8, 4) is 0 Å². The fourth-order valence-electron chi connectivity index (χ4n) is 2.21. The number of amides is 4. The van der Waals surface area contributed by atoms with E-state index in [0.29, 0.717) is 10.6 Å². The normalized spacial score (nSPS) is 16.5. The molecular formula is C17H10ClFN2O3. The third-order valence-electron chi connectivity index (χ3n) is 3.37. The van der Waals surface area contributed by atoms with Gasteiger partial charge in [0.2, 0.25) is 0 Å². The van der Waals surface area contributed by atoms with Crippen LogP contribution >= 0.6 is 11.6 Å². The minimum absolute atomic E-state index is 0.226. The van der Waals surface area contributed by atoms with Crippen LogP contribution in [0.15, 0.2) is 54.1 Å². The number of halogens is 2. The Morgan fingerprint density at radius 3 is 2.21 bits per heavy atom. The van der Waals surface area contributed by atoms with Gasteiger partial charge in [-0.1, -0.05) is 23.7 Å². The number of nitrogens with one attached hydrogen (secondary N) is 1. The maximum atomic E-state index is 13.0. The van der Waals surface area contributed by atoms with Crippen molar-refractivity contribution in [2.75, 3.05) is 4.90 Å². The Bertz CT molecular complexity index is 860. The van der Waals surface area contributed by atoms with Gasteiger partial charge in [-0.3, -0.25) is 14.9 Å². The van der Waals surface area contributed by atoms with Gasteiger partial charge in [-0.05, 0) is 48.0 Å². The van der Waals surface area contributed by atoms with E-state index in [1.165, 1.54) is 54.6 Å². The summed E-state index contributed by atoms with van der Waals surface area (Å²) in [5.74, 6) is -2.01. The standard InChI is InChI=1S/C17H10ClFN2O3/c18-11-3-7-13(8-4-11)21-16(23)14(15(22)20-17(21)24)9-10-1-5-12(19)6-2-10/h1-9H,(H,20,22,24)/b14-9-. The van der Waals surface area contributed by atoms with Crippen LogP contribution in [0.3, 0.4) is 0 Å². The number of nitrogens with zero attached hydrogens (tertiary/aromatic N) is 1. The molecule has 2 aromatic carbocycles. The Kier molecular flexibility index (Phi) is 4.14. The molecule has 120 valence electrons. The number of urea groups is 1. The van der Waals surface area contributed by atoms with E-state index in [1.807, 2.05) is 0 Å². The van der Waals surface area contributed by atoms with Crippen LogP contribution in [0.1, 0.15) is 5.56 Å². The SMILES string of the molecule is O=C1NC(=O)N(c2ccc(Cl)cc2)C(=O)/C1=C\c1ccc(F)cc1. The number of barbiturate groups is 1. The van der Waals surface area contributed by atoms with Crippen molar-refractivity contribution in [3.63, 3.8) is 0 Å². The molecule has 1 aliphatic rings. The number of carbonyl (C=O) groups excluding carboxylic acids is 3. The lowest BCUT2D eigenvalue weighted by Gasteiger charge is -2.26. The van der Waals surface area contributed by atoms with Crippen LogP contribution in [0.25, 0.3) is 6.08 Å². The molecule has 7 heteroatoms. The van der Waals surface area contributed by atoms with Crippen molar-refractivity contribution < 1.29 is 18.8 Å². The van der Waals surface area contributed by atoms with Crippen LogP contribution in [0.5, 0.6) is 0 Å². The van der Waals surface area contributed by atoms with E-state index in [9.17, 15) is 18.8 Å². The summed E-state index contributed by atoms with van der Waals surface area (Å²) in [4.78, 5) is 37.4. The lowest BCUT2D eigenvalue weighted by molar-refractivity contribution is -0.122. The summed E-state index contributed by atoms with van der Waals surface area (Å²) in [6, 6.07) is 10.4. The Labute approximate surface area is 141 Å². The Balaban J connectivity index is 1.99. The molecule has 0 spiro atoms. The number of rotatable bonds is 2. The van der Waals surface area contributed by atoms with Gasteiger partial charge < -0.3 is 0 Å². The highest BCUT2D eigenvalue weighted by Crippen LogP contribution is 2.23. The van der Waals surface area contributed by atoms with Gasteiger partial charge in [-0.15, -0.1) is 0 Å². The molecular weight excluding hydrogens is 335 g/mol. The summed E-state index contributed by atoms with van der Waals surface area (Å²) >= 11 is 5.80. The fraction of sp³-hybridized carbons (Fsp3) is 0. The molecule has 0 bridgehead atoms. The Hall–Kier alpha value is -2.99. The molecule has 5 nitrogen and oxygen atoms in total. The van der Waals surface area contributed by atoms with Gasteiger partial charge in [-0.25, -0.2) is 14.1 Å². The second-order valence-corrected chi connectivity index (χ2v) is 5.42. The first-order valence-corrected chi connectivity index (χ1v) is 7.26. The van der Waals surface area contributed by atoms with Crippen molar-refractivity contribution in [1.82, 2.24) is 5.32 Å². The van der Waals surface area contributed by atoms with E-state index >= 15 is 0 Å². The summed E-state index contributed by atoms with van der Waals surface area (Å²) in [5, 5.41) is 2.55. The molecule has 2 aromatic rings. The molecule has 1 fully saturated rings. The largest absolute Gasteiger partial charge is 0.335 e. The first-order valence-electron chi connectivity index (χ1n) is 6.88. The summed E-state index contributed by atoms with van der Waals surface area (Å²) in [5.41, 5.74) is 0.510. The molecule has 1 saturated heterocycles. The summed E-state index contributed by atoms with van der Waals surface area (Å²) in [7, 11) is 0. The number of carbonyl (C=O) groups is 3. The fourth-order valence-corrected chi connectivity index (χ4v) is 2.33. The second-order valence-electron chi connectivity index (χ2n) is 4.99. The van der Waals surface area contributed by atoms with Crippen LogP contribution in [-0.2, 0) is 9.59 Å². The molecule has 0 saturated carbocycles. The smallest absolute Gasteiger partial charge is 0.273 e. The van der Waals surface area contributed by atoms with E-state index in [-0.39, 0.29) is 11.3 Å². The van der Waals surface area contributed by atoms with Crippen molar-refractivity contribution in [3.05, 3.63) is 70.5 Å². The molecule has 0 radical (unpaired) electrons. The molecule has 3 rings (SSSR count). The van der Waals surface area contributed by atoms with Gasteiger partial charge in [0.1, 0.15) is 11.4 Å². The van der Waals surface area contributed by atoms with E-state index in [4.69, 9.17) is 11.6 Å². The number of imide groups is 2. The number of hydrogen-bond acceptors (Lipinski definition) is 3. The van der Waals surface area contributed by atoms with Crippen LogP contribution < -0.4 is 10.2 Å². The summed E-state index contributed by atoms with van der Waals surface area (Å²) in [6.07, 6.45) is 1.30. The molecule has 0 aliphatic carbocycles. The van der Waals surface area contributed by atoms with E-state index in [0.717, 1.165) is 4.90 Å². The van der Waals surface area contributed by atoms with Gasteiger partial charge in [0.15, 0.2) is 0 Å². The maximum absolute atomic E-state index is 13.0. The van der Waals surface area contributed by atoms with Crippen molar-refractivity contribution in [2.24, 2.45) is 0 Å². The Morgan fingerprint density at radius 1 is 0.958 bits per heavy atom. The van der Waals surface area contributed by atoms with E-state index in [2.05, 4.69) is 5.32 Å². The third kappa shape index (κ3) is 3.04. The molecule has 1 heterocycles. The average Bonchev–Trinajstić information content (AvgIpc) is 2.55. The van der Waals surface area contributed by atoms with E-state index < -0.39 is 23.7 Å². The van der Waals surface area contributed by atoms with Crippen LogP contribution in [-0.4, -0.2) is 17.8 Å². The first kappa shape index (κ1) is 15.9. The average molecular weight is 345 g/mol. The first-order chi connectivity index (χ1) is 11.5. The zero-order valence-corrected chi connectivity index (χ0v) is 12.9. The van der Waals surface area contributed by atoms with Crippen LogP contribution in [0.4, 0.5) is 14.9 Å². The minimum atomic E-state index is -0.844. The molecule has 0 atom stereocenters. The maximum Gasteiger partial charge on any atom is 0.335 e. The summed E-state index contributed by atoms with van der Waals surface area (Å²) < 4.78 is 13.0. The highest BCUT2D eigenvalue weighted by Gasteiger charge is 2.36. The van der Waals surface area contributed by atoms with Crippen molar-refractivity contribution in [2.45, 2.75) is 0 Å². The van der Waals surface area contributed by atoms with Gasteiger partial charge in [0.05, 0.1) is 5.69 Å². The molecule has 4 amide bonds. The molecule has 1 N–H and O–H groups in total. The van der Waals surface area contributed by atoms with Gasteiger partial charge in [-0.2, -0.15) is 0 Å². The number of hydrogen-bond donors (Lipinski definition) is 1. The number of benzene rings is 2. The zero-order chi connectivity index (χ0) is 17.3. The van der Waals surface area contributed by atoms with Gasteiger partial charge in [0.25, 0.3) is 11.8 Å². The lowest BCUT2D eigenvalue weighted by atomic mass is 10.1. The van der Waals surface area contributed by atoms with E-state index in [1.54, 1.807) is 0 Å². The highest BCUT2D eigenvalue weighted by atomic mass is 35.5. The monoisotopic (exact) mass is 344 g/mol. The zero-order valence-electron chi connectivity index (χ0n) is 12.1. The van der Waals surface area contributed by atoms with Crippen molar-refractivity contribution >= 4 is 41.2 Å². The molecule has 0 aromatic heterocycles. The topological polar surface area (TPSA) is 66.5 Å². The second kappa shape index (κ2) is 6.25. The Morgan fingerprint density at radius 2 is 1.58 bits per heavy atom. The molecule has 24 heavy (non-hydrogen) atoms.